The van der Waals surface area contributed by atoms with E-state index in [-0.39, 0.29) is 0 Å². The molecule has 1 rings (SSSR count). The van der Waals surface area contributed by atoms with Gasteiger partial charge in [-0.25, -0.2) is 0 Å². The Kier molecular flexibility index (Phi) is 3.34. The molecule has 0 aromatic carbocycles. The maximum Gasteiger partial charge on any atom is 0.0601 e. The molecule has 0 atom stereocenters. The Morgan fingerprint density at radius 1 is 1.45 bits per heavy atom. The zero-order valence-electron chi connectivity index (χ0n) is 7.76. The van der Waals surface area contributed by atoms with Gasteiger partial charge in [0.05, 0.1) is 6.10 Å². The highest BCUT2D eigenvalue weighted by atomic mass is 16.5. The SMILES string of the molecule is CO[C@H]1C[C@@H](NCC(C)C)C1. The van der Waals surface area contributed by atoms with Crippen LogP contribution in [0.5, 0.6) is 0 Å². The van der Waals surface area contributed by atoms with Crippen molar-refractivity contribution in [3.05, 3.63) is 0 Å². The van der Waals surface area contributed by atoms with Gasteiger partial charge in [-0.1, -0.05) is 13.8 Å². The molecule has 0 unspecified atom stereocenters. The predicted octanol–water partition coefficient (Wildman–Crippen LogP) is 1.41. The molecule has 2 nitrogen and oxygen atoms in total. The van der Waals surface area contributed by atoms with Gasteiger partial charge in [0.2, 0.25) is 0 Å². The maximum absolute atomic E-state index is 5.18. The van der Waals surface area contributed by atoms with Gasteiger partial charge in [0.15, 0.2) is 0 Å². The zero-order valence-corrected chi connectivity index (χ0v) is 7.76. The fourth-order valence-corrected chi connectivity index (χ4v) is 1.33. The van der Waals surface area contributed by atoms with E-state index in [1.807, 2.05) is 0 Å². The van der Waals surface area contributed by atoms with Crippen LogP contribution in [0.1, 0.15) is 26.7 Å². The molecule has 0 spiro atoms. The third kappa shape index (κ3) is 2.80. The minimum Gasteiger partial charge on any atom is -0.381 e. The quantitative estimate of drug-likeness (QED) is 0.666. The summed E-state index contributed by atoms with van der Waals surface area (Å²) in [5.41, 5.74) is 0. The average Bonchev–Trinajstić information content (AvgIpc) is 1.84. The van der Waals surface area contributed by atoms with E-state index in [2.05, 4.69) is 19.2 Å². The number of rotatable bonds is 4. The molecule has 0 aliphatic heterocycles. The van der Waals surface area contributed by atoms with Gasteiger partial charge < -0.3 is 10.1 Å². The number of nitrogens with one attached hydrogen (secondary N) is 1. The lowest BCUT2D eigenvalue weighted by molar-refractivity contribution is 0.0168. The van der Waals surface area contributed by atoms with Crippen LogP contribution in [0.15, 0.2) is 0 Å². The second kappa shape index (κ2) is 4.07. The molecule has 0 saturated heterocycles. The Labute approximate surface area is 69.3 Å². The maximum atomic E-state index is 5.18. The van der Waals surface area contributed by atoms with Crippen LogP contribution >= 0.6 is 0 Å². The first-order valence-electron chi connectivity index (χ1n) is 4.48. The molecule has 0 aromatic rings. The second-order valence-corrected chi connectivity index (χ2v) is 3.83. The summed E-state index contributed by atoms with van der Waals surface area (Å²) in [6.45, 7) is 5.61. The monoisotopic (exact) mass is 157 g/mol. The van der Waals surface area contributed by atoms with Gasteiger partial charge in [-0.2, -0.15) is 0 Å². The van der Waals surface area contributed by atoms with Crippen LogP contribution in [0.2, 0.25) is 0 Å². The largest absolute Gasteiger partial charge is 0.381 e. The van der Waals surface area contributed by atoms with Crippen molar-refractivity contribution in [2.45, 2.75) is 38.8 Å². The molecule has 1 aliphatic rings. The summed E-state index contributed by atoms with van der Waals surface area (Å²) < 4.78 is 5.18. The Morgan fingerprint density at radius 3 is 2.55 bits per heavy atom. The molecule has 0 heterocycles. The van der Waals surface area contributed by atoms with E-state index in [0.717, 1.165) is 18.5 Å². The molecule has 0 aromatic heterocycles. The number of methoxy groups -OCH3 is 1. The second-order valence-electron chi connectivity index (χ2n) is 3.83. The molecule has 1 N–H and O–H groups in total. The Morgan fingerprint density at radius 2 is 2.09 bits per heavy atom. The summed E-state index contributed by atoms with van der Waals surface area (Å²) in [6, 6.07) is 0.724. The molecule has 0 bridgehead atoms. The number of hydrogen-bond acceptors (Lipinski definition) is 2. The van der Waals surface area contributed by atoms with Crippen LogP contribution in [0.25, 0.3) is 0 Å². The molecule has 2 heteroatoms. The Hall–Kier alpha value is -0.0800. The van der Waals surface area contributed by atoms with Gasteiger partial charge in [-0.15, -0.1) is 0 Å². The summed E-state index contributed by atoms with van der Waals surface area (Å²) in [7, 11) is 1.79. The van der Waals surface area contributed by atoms with Gasteiger partial charge in [0, 0.05) is 13.2 Å². The third-order valence-electron chi connectivity index (χ3n) is 2.24. The lowest BCUT2D eigenvalue weighted by Gasteiger charge is -2.35. The lowest BCUT2D eigenvalue weighted by atomic mass is 9.89. The number of ether oxygens (including phenoxy) is 1. The van der Waals surface area contributed by atoms with Gasteiger partial charge in [-0.3, -0.25) is 0 Å². The van der Waals surface area contributed by atoms with E-state index in [1.54, 1.807) is 7.11 Å². The molecular weight excluding hydrogens is 138 g/mol. The van der Waals surface area contributed by atoms with Crippen molar-refractivity contribution in [2.24, 2.45) is 5.92 Å². The summed E-state index contributed by atoms with van der Waals surface area (Å²) in [5.74, 6) is 0.761. The zero-order chi connectivity index (χ0) is 8.27. The Balaban J connectivity index is 1.96. The smallest absolute Gasteiger partial charge is 0.0601 e. The van der Waals surface area contributed by atoms with E-state index >= 15 is 0 Å². The van der Waals surface area contributed by atoms with Gasteiger partial charge in [-0.05, 0) is 25.3 Å². The highest BCUT2D eigenvalue weighted by Crippen LogP contribution is 2.22. The van der Waals surface area contributed by atoms with E-state index in [9.17, 15) is 0 Å². The van der Waals surface area contributed by atoms with Gasteiger partial charge >= 0.3 is 0 Å². The van der Waals surface area contributed by atoms with E-state index in [0.29, 0.717) is 6.10 Å². The summed E-state index contributed by atoms with van der Waals surface area (Å²) in [4.78, 5) is 0. The molecule has 0 radical (unpaired) electrons. The molecule has 1 fully saturated rings. The highest BCUT2D eigenvalue weighted by molar-refractivity contribution is 4.85. The molecular formula is C9H19NO. The Bertz CT molecular complexity index is 108. The van der Waals surface area contributed by atoms with Crippen molar-refractivity contribution in [1.82, 2.24) is 5.32 Å². The van der Waals surface area contributed by atoms with Crippen LogP contribution in [-0.2, 0) is 4.74 Å². The van der Waals surface area contributed by atoms with Gasteiger partial charge in [0.1, 0.15) is 0 Å². The van der Waals surface area contributed by atoms with Crippen molar-refractivity contribution in [3.63, 3.8) is 0 Å². The van der Waals surface area contributed by atoms with E-state index in [4.69, 9.17) is 4.74 Å². The fourth-order valence-electron chi connectivity index (χ4n) is 1.33. The van der Waals surface area contributed by atoms with Crippen molar-refractivity contribution in [1.29, 1.82) is 0 Å². The first-order valence-corrected chi connectivity index (χ1v) is 4.48. The van der Waals surface area contributed by atoms with Crippen LogP contribution in [0, 0.1) is 5.92 Å². The molecule has 1 aliphatic carbocycles. The highest BCUT2D eigenvalue weighted by Gasteiger charge is 2.28. The van der Waals surface area contributed by atoms with Crippen LogP contribution < -0.4 is 5.32 Å². The van der Waals surface area contributed by atoms with Crippen molar-refractivity contribution in [3.8, 4) is 0 Å². The van der Waals surface area contributed by atoms with E-state index in [1.165, 1.54) is 12.8 Å². The van der Waals surface area contributed by atoms with E-state index < -0.39 is 0 Å². The first-order chi connectivity index (χ1) is 5.22. The molecule has 0 amide bonds. The average molecular weight is 157 g/mol. The first kappa shape index (κ1) is 9.01. The molecule has 11 heavy (non-hydrogen) atoms. The van der Waals surface area contributed by atoms with Crippen molar-refractivity contribution >= 4 is 0 Å². The van der Waals surface area contributed by atoms with Gasteiger partial charge in [0.25, 0.3) is 0 Å². The minimum atomic E-state index is 0.527. The topological polar surface area (TPSA) is 21.3 Å². The third-order valence-corrected chi connectivity index (χ3v) is 2.24. The molecule has 66 valence electrons. The van der Waals surface area contributed by atoms with Crippen molar-refractivity contribution in [2.75, 3.05) is 13.7 Å². The predicted molar refractivity (Wildman–Crippen MR) is 46.7 cm³/mol. The summed E-state index contributed by atoms with van der Waals surface area (Å²) in [5, 5.41) is 3.50. The number of hydrogen-bond donors (Lipinski definition) is 1. The lowest BCUT2D eigenvalue weighted by Crippen LogP contribution is -2.46. The van der Waals surface area contributed by atoms with Crippen molar-refractivity contribution < 1.29 is 4.74 Å². The van der Waals surface area contributed by atoms with Crippen LogP contribution in [0.4, 0.5) is 0 Å². The molecule has 1 saturated carbocycles. The fraction of sp³-hybridized carbons (Fsp3) is 1.00. The summed E-state index contributed by atoms with van der Waals surface area (Å²) in [6.07, 6.45) is 2.92. The standard InChI is InChI=1S/C9H19NO/c1-7(2)6-10-8-4-9(5-8)11-3/h7-10H,4-6H2,1-3H3/t8-,9+. The summed E-state index contributed by atoms with van der Waals surface area (Å²) >= 11 is 0. The normalized spacial score (nSPS) is 30.5. The van der Waals surface area contributed by atoms with Crippen LogP contribution in [-0.4, -0.2) is 25.8 Å². The van der Waals surface area contributed by atoms with Crippen LogP contribution in [0.3, 0.4) is 0 Å². The minimum absolute atomic E-state index is 0.527.